The maximum atomic E-state index is 13.2. The van der Waals surface area contributed by atoms with E-state index in [9.17, 15) is 4.79 Å². The second-order valence-electron chi connectivity index (χ2n) is 8.22. The maximum Gasteiger partial charge on any atom is 0.282 e. The summed E-state index contributed by atoms with van der Waals surface area (Å²) < 4.78 is 13.5. The van der Waals surface area contributed by atoms with Crippen molar-refractivity contribution < 1.29 is 9.47 Å². The first kappa shape index (κ1) is 26.5. The van der Waals surface area contributed by atoms with Gasteiger partial charge in [-0.2, -0.15) is 9.78 Å². The van der Waals surface area contributed by atoms with E-state index in [0.717, 1.165) is 10.0 Å². The number of fused-ring (bicyclic) bond motifs is 1. The van der Waals surface area contributed by atoms with Gasteiger partial charge in [0.05, 0.1) is 39.3 Å². The molecule has 0 spiro atoms. The molecule has 0 saturated heterocycles. The average molecular weight is 610 g/mol. The minimum atomic E-state index is -0.263. The molecular weight excluding hydrogens is 589 g/mol. The highest BCUT2D eigenvalue weighted by Crippen LogP contribution is 2.37. The summed E-state index contributed by atoms with van der Waals surface area (Å²) in [5, 5.41) is 6.15. The van der Waals surface area contributed by atoms with Crippen molar-refractivity contribution in [3.8, 4) is 11.5 Å². The molecule has 0 atom stereocenters. The van der Waals surface area contributed by atoms with Crippen LogP contribution in [0.4, 0.5) is 0 Å². The fraction of sp³-hybridized carbons (Fsp3) is 0.192. The normalized spacial score (nSPS) is 11.6. The van der Waals surface area contributed by atoms with E-state index in [1.807, 2.05) is 32.0 Å². The lowest BCUT2D eigenvalue weighted by Crippen LogP contribution is -2.23. The zero-order chi connectivity index (χ0) is 26.0. The van der Waals surface area contributed by atoms with Gasteiger partial charge in [-0.15, -0.1) is 0 Å². The first-order valence-electron chi connectivity index (χ1n) is 10.9. The molecule has 0 amide bonds. The molecule has 6 nitrogen and oxygen atoms in total. The summed E-state index contributed by atoms with van der Waals surface area (Å²) in [5.41, 5.74) is 1.80. The van der Waals surface area contributed by atoms with Crippen LogP contribution in [0.3, 0.4) is 0 Å². The predicted molar refractivity (Wildman–Crippen MR) is 150 cm³/mol. The molecule has 186 valence electrons. The second-order valence-corrected chi connectivity index (χ2v) is 10.4. The summed E-state index contributed by atoms with van der Waals surface area (Å²) in [6.45, 7) is 4.13. The van der Waals surface area contributed by atoms with E-state index in [2.05, 4.69) is 26.0 Å². The number of methoxy groups -OCH3 is 1. The number of nitrogens with zero attached hydrogens (tertiary/aromatic N) is 3. The van der Waals surface area contributed by atoms with Gasteiger partial charge in [-0.05, 0) is 53.6 Å². The lowest BCUT2D eigenvalue weighted by atomic mass is 10.2. The molecular formula is C26H21BrCl3N3O3. The maximum absolute atomic E-state index is 13.2. The zero-order valence-corrected chi connectivity index (χ0v) is 23.4. The molecule has 36 heavy (non-hydrogen) atoms. The van der Waals surface area contributed by atoms with Crippen molar-refractivity contribution in [3.05, 3.63) is 95.4 Å². The third kappa shape index (κ3) is 5.70. The Labute approximate surface area is 231 Å². The van der Waals surface area contributed by atoms with Gasteiger partial charge in [0, 0.05) is 10.4 Å². The minimum absolute atomic E-state index is 0.0295. The van der Waals surface area contributed by atoms with Crippen molar-refractivity contribution >= 4 is 67.9 Å². The van der Waals surface area contributed by atoms with Crippen LogP contribution in [0.1, 0.15) is 36.7 Å². The molecule has 0 radical (unpaired) electrons. The topological polar surface area (TPSA) is 65.7 Å². The van der Waals surface area contributed by atoms with Crippen molar-refractivity contribution in [2.24, 2.45) is 5.10 Å². The summed E-state index contributed by atoms with van der Waals surface area (Å²) in [6, 6.07) is 14.1. The first-order valence-corrected chi connectivity index (χ1v) is 12.8. The number of rotatable bonds is 7. The van der Waals surface area contributed by atoms with Crippen LogP contribution in [0, 0.1) is 0 Å². The fourth-order valence-corrected chi connectivity index (χ4v) is 4.47. The molecule has 0 saturated carbocycles. The number of hydrogen-bond acceptors (Lipinski definition) is 5. The van der Waals surface area contributed by atoms with Crippen LogP contribution >= 0.6 is 50.7 Å². The van der Waals surface area contributed by atoms with Crippen LogP contribution in [0.2, 0.25) is 15.1 Å². The third-order valence-corrected chi connectivity index (χ3v) is 6.80. The number of hydrogen-bond donors (Lipinski definition) is 0. The van der Waals surface area contributed by atoms with Crippen molar-refractivity contribution in [3.63, 3.8) is 0 Å². The van der Waals surface area contributed by atoms with Gasteiger partial charge in [0.25, 0.3) is 5.56 Å². The molecule has 10 heteroatoms. The van der Waals surface area contributed by atoms with E-state index >= 15 is 0 Å². The van der Waals surface area contributed by atoms with E-state index in [4.69, 9.17) is 44.3 Å². The van der Waals surface area contributed by atoms with E-state index in [-0.39, 0.29) is 18.1 Å². The summed E-state index contributed by atoms with van der Waals surface area (Å²) >= 11 is 22.0. The largest absolute Gasteiger partial charge is 0.493 e. The Hall–Kier alpha value is -2.58. The Morgan fingerprint density at radius 2 is 1.83 bits per heavy atom. The third-order valence-electron chi connectivity index (χ3n) is 5.29. The van der Waals surface area contributed by atoms with Crippen LogP contribution in [0.5, 0.6) is 11.5 Å². The van der Waals surface area contributed by atoms with Crippen LogP contribution < -0.4 is 15.0 Å². The van der Waals surface area contributed by atoms with E-state index in [1.54, 1.807) is 30.3 Å². The quantitative estimate of drug-likeness (QED) is 0.201. The van der Waals surface area contributed by atoms with Crippen LogP contribution in [-0.4, -0.2) is 23.0 Å². The number of benzene rings is 3. The van der Waals surface area contributed by atoms with Gasteiger partial charge in [0.2, 0.25) is 0 Å². The minimum Gasteiger partial charge on any atom is -0.493 e. The van der Waals surface area contributed by atoms with Gasteiger partial charge < -0.3 is 9.47 Å². The summed E-state index contributed by atoms with van der Waals surface area (Å²) in [4.78, 5) is 17.9. The van der Waals surface area contributed by atoms with Gasteiger partial charge >= 0.3 is 0 Å². The Balaban J connectivity index is 1.67. The summed E-state index contributed by atoms with van der Waals surface area (Å²) in [6.07, 6.45) is 1.54. The highest BCUT2D eigenvalue weighted by molar-refractivity contribution is 9.10. The highest BCUT2D eigenvalue weighted by Gasteiger charge is 2.15. The Bertz CT molecular complexity index is 1540. The number of aromatic nitrogens is 2. The Morgan fingerprint density at radius 1 is 1.06 bits per heavy atom. The zero-order valence-electron chi connectivity index (χ0n) is 19.6. The second kappa shape index (κ2) is 11.2. The van der Waals surface area contributed by atoms with Gasteiger partial charge in [0.1, 0.15) is 12.4 Å². The number of halogens is 4. The molecule has 3 aromatic carbocycles. The van der Waals surface area contributed by atoms with Gasteiger partial charge in [0.15, 0.2) is 11.5 Å². The molecule has 1 heterocycles. The van der Waals surface area contributed by atoms with Crippen molar-refractivity contribution in [2.75, 3.05) is 7.11 Å². The van der Waals surface area contributed by atoms with Gasteiger partial charge in [-0.3, -0.25) is 4.79 Å². The SMILES string of the molecule is COc1cc(C=Nn2c(C(C)C)nc3ccc(Br)cc3c2=O)cc(Cl)c1OCc1ccc(Cl)c(Cl)c1. The smallest absolute Gasteiger partial charge is 0.282 e. The van der Waals surface area contributed by atoms with Crippen LogP contribution in [-0.2, 0) is 6.61 Å². The molecule has 0 bridgehead atoms. The lowest BCUT2D eigenvalue weighted by Gasteiger charge is -2.14. The number of ether oxygens (including phenoxy) is 2. The van der Waals surface area contributed by atoms with Crippen LogP contribution in [0.25, 0.3) is 10.9 Å². The molecule has 0 aliphatic heterocycles. The predicted octanol–water partition coefficient (Wildman–Crippen LogP) is 7.71. The molecule has 0 fully saturated rings. The first-order chi connectivity index (χ1) is 17.2. The molecule has 0 aliphatic rings. The highest BCUT2D eigenvalue weighted by atomic mass is 79.9. The standard InChI is InChI=1S/C26H21BrCl3N3O3/c1-14(2)25-32-22-7-5-17(27)11-18(22)26(34)33(25)31-12-16-9-21(30)24(23(10-16)35-3)36-13-15-4-6-19(28)20(29)8-15/h4-12,14H,13H2,1-3H3. The van der Waals surface area contributed by atoms with E-state index in [1.165, 1.54) is 18.0 Å². The van der Waals surface area contributed by atoms with Crippen LogP contribution in [0.15, 0.2) is 62.9 Å². The van der Waals surface area contributed by atoms with Gasteiger partial charge in [-0.1, -0.05) is 70.6 Å². The lowest BCUT2D eigenvalue weighted by molar-refractivity contribution is 0.284. The van der Waals surface area contributed by atoms with Crippen molar-refractivity contribution in [1.82, 2.24) is 9.66 Å². The van der Waals surface area contributed by atoms with Crippen molar-refractivity contribution in [2.45, 2.75) is 26.4 Å². The van der Waals surface area contributed by atoms with Gasteiger partial charge in [-0.25, -0.2) is 4.98 Å². The Morgan fingerprint density at radius 3 is 2.53 bits per heavy atom. The monoisotopic (exact) mass is 607 g/mol. The summed E-state index contributed by atoms with van der Waals surface area (Å²) in [5.74, 6) is 1.31. The van der Waals surface area contributed by atoms with E-state index in [0.29, 0.717) is 48.9 Å². The van der Waals surface area contributed by atoms with Crippen molar-refractivity contribution in [1.29, 1.82) is 0 Å². The molecule has 0 aliphatic carbocycles. The van der Waals surface area contributed by atoms with E-state index < -0.39 is 0 Å². The molecule has 4 aromatic rings. The molecule has 4 rings (SSSR count). The Kier molecular flexibility index (Phi) is 8.25. The summed E-state index contributed by atoms with van der Waals surface area (Å²) in [7, 11) is 1.52. The molecule has 0 unspecified atom stereocenters. The molecule has 0 N–H and O–H groups in total. The fourth-order valence-electron chi connectivity index (χ4n) is 3.51. The average Bonchev–Trinajstić information content (AvgIpc) is 2.84. The molecule has 1 aromatic heterocycles.